The molecule has 30 heavy (non-hydrogen) atoms. The van der Waals surface area contributed by atoms with Gasteiger partial charge in [-0.2, -0.15) is 0 Å². The quantitative estimate of drug-likeness (QED) is 0.205. The molecule has 2 aromatic rings. The maximum absolute atomic E-state index is 5.79. The molecule has 0 spiro atoms. The fraction of sp³-hybridized carbons (Fsp3) is 0.545. The Morgan fingerprint density at radius 1 is 1.30 bits per heavy atom. The van der Waals surface area contributed by atoms with Crippen molar-refractivity contribution in [2.45, 2.75) is 39.2 Å². The van der Waals surface area contributed by atoms with E-state index in [0.717, 1.165) is 75.4 Å². The molecule has 1 aliphatic heterocycles. The molecule has 1 fully saturated rings. The molecule has 3 rings (SSSR count). The van der Waals surface area contributed by atoms with Crippen LogP contribution >= 0.6 is 35.3 Å². The number of hydrogen-bond acceptors (Lipinski definition) is 5. The highest BCUT2D eigenvalue weighted by Gasteiger charge is 2.15. The third-order valence-electron chi connectivity index (χ3n) is 4.68. The summed E-state index contributed by atoms with van der Waals surface area (Å²) in [5.41, 5.74) is 3.56. The van der Waals surface area contributed by atoms with Crippen molar-refractivity contribution in [3.05, 3.63) is 40.9 Å². The smallest absolute Gasteiger partial charge is 0.191 e. The highest BCUT2D eigenvalue weighted by molar-refractivity contribution is 14.0. The predicted octanol–water partition coefficient (Wildman–Crippen LogP) is 4.03. The molecule has 1 aromatic carbocycles. The van der Waals surface area contributed by atoms with Crippen molar-refractivity contribution in [3.8, 4) is 10.6 Å². The SMILES string of the molecule is CCNC(=NCCCOC1CCOC1)NCCc1csc(-c2ccc(C)cc2)n1.I. The lowest BCUT2D eigenvalue weighted by Gasteiger charge is -2.11. The van der Waals surface area contributed by atoms with Crippen LogP contribution in [0.1, 0.15) is 31.0 Å². The molecule has 1 aromatic heterocycles. The van der Waals surface area contributed by atoms with Crippen molar-refractivity contribution < 1.29 is 9.47 Å². The van der Waals surface area contributed by atoms with E-state index in [4.69, 9.17) is 14.5 Å². The Labute approximate surface area is 200 Å². The zero-order chi connectivity index (χ0) is 20.3. The monoisotopic (exact) mass is 544 g/mol. The van der Waals surface area contributed by atoms with Gasteiger partial charge in [0.15, 0.2) is 5.96 Å². The first kappa shape index (κ1) is 25.0. The van der Waals surface area contributed by atoms with E-state index in [1.165, 1.54) is 11.1 Å². The number of ether oxygens (including phenoxy) is 2. The van der Waals surface area contributed by atoms with Crippen molar-refractivity contribution in [1.29, 1.82) is 0 Å². The van der Waals surface area contributed by atoms with E-state index < -0.39 is 0 Å². The number of nitrogens with zero attached hydrogens (tertiary/aromatic N) is 2. The predicted molar refractivity (Wildman–Crippen MR) is 135 cm³/mol. The Kier molecular flexibility index (Phi) is 11.6. The number of thiazole rings is 1. The maximum Gasteiger partial charge on any atom is 0.191 e. The summed E-state index contributed by atoms with van der Waals surface area (Å²) in [6.45, 7) is 8.86. The van der Waals surface area contributed by atoms with Gasteiger partial charge in [0.2, 0.25) is 0 Å². The molecular formula is C22H33IN4O2S. The van der Waals surface area contributed by atoms with E-state index >= 15 is 0 Å². The molecule has 1 saturated heterocycles. The van der Waals surface area contributed by atoms with Crippen LogP contribution < -0.4 is 10.6 Å². The van der Waals surface area contributed by atoms with E-state index in [2.05, 4.69) is 59.1 Å². The number of nitrogens with one attached hydrogen (secondary N) is 2. The number of guanidine groups is 1. The second-order valence-corrected chi connectivity index (χ2v) is 8.02. The molecular weight excluding hydrogens is 511 g/mol. The number of rotatable bonds is 10. The Bertz CT molecular complexity index is 761. The Morgan fingerprint density at radius 3 is 2.87 bits per heavy atom. The molecule has 166 valence electrons. The Hall–Kier alpha value is -1.23. The van der Waals surface area contributed by atoms with E-state index in [1.807, 2.05) is 0 Å². The van der Waals surface area contributed by atoms with Crippen molar-refractivity contribution in [1.82, 2.24) is 15.6 Å². The van der Waals surface area contributed by atoms with Crippen LogP contribution in [-0.2, 0) is 15.9 Å². The fourth-order valence-corrected chi connectivity index (χ4v) is 3.91. The van der Waals surface area contributed by atoms with Gasteiger partial charge in [0.25, 0.3) is 0 Å². The summed E-state index contributed by atoms with van der Waals surface area (Å²) < 4.78 is 11.1. The van der Waals surface area contributed by atoms with Gasteiger partial charge in [-0.1, -0.05) is 29.8 Å². The van der Waals surface area contributed by atoms with Crippen molar-refractivity contribution in [2.75, 3.05) is 39.5 Å². The van der Waals surface area contributed by atoms with Crippen LogP contribution in [0.5, 0.6) is 0 Å². The van der Waals surface area contributed by atoms with Crippen LogP contribution in [0.25, 0.3) is 10.6 Å². The first-order valence-corrected chi connectivity index (χ1v) is 11.4. The topological polar surface area (TPSA) is 67.8 Å². The van der Waals surface area contributed by atoms with Crippen LogP contribution in [0.15, 0.2) is 34.6 Å². The molecule has 8 heteroatoms. The summed E-state index contributed by atoms with van der Waals surface area (Å²) in [6, 6.07) is 8.53. The Balaban J connectivity index is 0.00000320. The minimum Gasteiger partial charge on any atom is -0.379 e. The number of aromatic nitrogens is 1. The fourth-order valence-electron chi connectivity index (χ4n) is 3.05. The number of aryl methyl sites for hydroxylation is 1. The first-order valence-electron chi connectivity index (χ1n) is 10.5. The van der Waals surface area contributed by atoms with Crippen LogP contribution in [0.4, 0.5) is 0 Å². The number of aliphatic imine (C=N–C) groups is 1. The Morgan fingerprint density at radius 2 is 2.13 bits per heavy atom. The molecule has 0 bridgehead atoms. The summed E-state index contributed by atoms with van der Waals surface area (Å²) in [5.74, 6) is 0.852. The van der Waals surface area contributed by atoms with Gasteiger partial charge in [-0.25, -0.2) is 4.98 Å². The van der Waals surface area contributed by atoms with Gasteiger partial charge in [0.05, 0.1) is 18.4 Å². The van der Waals surface area contributed by atoms with E-state index in [0.29, 0.717) is 0 Å². The summed E-state index contributed by atoms with van der Waals surface area (Å²) in [6.07, 6.45) is 3.07. The van der Waals surface area contributed by atoms with Crippen LogP contribution in [0, 0.1) is 6.92 Å². The standard InChI is InChI=1S/C22H32N4O2S.HI/c1-3-23-22(24-11-4-13-28-20-10-14-27-15-20)25-12-9-19-16-29-21(26-19)18-7-5-17(2)6-8-18;/h5-8,16,20H,3-4,9-15H2,1-2H3,(H2,23,24,25);1H. The second kappa shape index (κ2) is 14.0. The van der Waals surface area contributed by atoms with E-state index in [9.17, 15) is 0 Å². The maximum atomic E-state index is 5.79. The van der Waals surface area contributed by atoms with Gasteiger partial charge in [0, 0.05) is 50.2 Å². The number of hydrogen-bond donors (Lipinski definition) is 2. The number of benzene rings is 1. The van der Waals surface area contributed by atoms with Gasteiger partial charge in [-0.05, 0) is 26.7 Å². The van der Waals surface area contributed by atoms with Gasteiger partial charge in [0.1, 0.15) is 5.01 Å². The van der Waals surface area contributed by atoms with E-state index in [-0.39, 0.29) is 30.1 Å². The highest BCUT2D eigenvalue weighted by atomic mass is 127. The first-order chi connectivity index (χ1) is 14.2. The lowest BCUT2D eigenvalue weighted by Crippen LogP contribution is -2.38. The van der Waals surface area contributed by atoms with Crippen LogP contribution in [0.2, 0.25) is 0 Å². The number of halogens is 1. The summed E-state index contributed by atoms with van der Waals surface area (Å²) >= 11 is 1.70. The normalized spacial score (nSPS) is 16.3. The van der Waals surface area contributed by atoms with Gasteiger partial charge >= 0.3 is 0 Å². The average molecular weight is 545 g/mol. The van der Waals surface area contributed by atoms with Gasteiger partial charge in [-0.3, -0.25) is 4.99 Å². The second-order valence-electron chi connectivity index (χ2n) is 7.16. The molecule has 0 aliphatic carbocycles. The van der Waals surface area contributed by atoms with E-state index in [1.54, 1.807) is 11.3 Å². The van der Waals surface area contributed by atoms with Crippen LogP contribution in [-0.4, -0.2) is 56.5 Å². The average Bonchev–Trinajstić information content (AvgIpc) is 3.40. The van der Waals surface area contributed by atoms with Gasteiger partial charge in [-0.15, -0.1) is 35.3 Å². The molecule has 1 unspecified atom stereocenters. The third kappa shape index (κ3) is 8.49. The lowest BCUT2D eigenvalue weighted by atomic mass is 10.2. The molecule has 2 N–H and O–H groups in total. The third-order valence-corrected chi connectivity index (χ3v) is 5.62. The van der Waals surface area contributed by atoms with Crippen LogP contribution in [0.3, 0.4) is 0 Å². The highest BCUT2D eigenvalue weighted by Crippen LogP contribution is 2.24. The molecule has 1 atom stereocenters. The molecule has 0 saturated carbocycles. The molecule has 2 heterocycles. The zero-order valence-electron chi connectivity index (χ0n) is 17.9. The minimum absolute atomic E-state index is 0. The zero-order valence-corrected chi connectivity index (χ0v) is 21.0. The minimum atomic E-state index is 0. The molecule has 1 aliphatic rings. The van der Waals surface area contributed by atoms with Gasteiger partial charge < -0.3 is 20.1 Å². The summed E-state index contributed by atoms with van der Waals surface area (Å²) in [7, 11) is 0. The molecule has 6 nitrogen and oxygen atoms in total. The summed E-state index contributed by atoms with van der Waals surface area (Å²) in [4.78, 5) is 9.40. The van der Waals surface area contributed by atoms with Crippen molar-refractivity contribution >= 4 is 41.3 Å². The lowest BCUT2D eigenvalue weighted by molar-refractivity contribution is 0.0424. The largest absolute Gasteiger partial charge is 0.379 e. The van der Waals surface area contributed by atoms with Crippen molar-refractivity contribution in [2.24, 2.45) is 4.99 Å². The summed E-state index contributed by atoms with van der Waals surface area (Å²) in [5, 5.41) is 9.92. The molecule has 0 radical (unpaired) electrons. The van der Waals surface area contributed by atoms with Crippen molar-refractivity contribution in [3.63, 3.8) is 0 Å². The molecule has 0 amide bonds.